The summed E-state index contributed by atoms with van der Waals surface area (Å²) >= 11 is 5.95. The number of hydrogen-bond donors (Lipinski definition) is 2. The topological polar surface area (TPSA) is 38.0 Å². The molecular weight excluding hydrogens is 220 g/mol. The highest BCUT2D eigenvalue weighted by Gasteiger charge is 2.27. The number of rotatable bonds is 2. The van der Waals surface area contributed by atoms with Gasteiger partial charge in [0.05, 0.1) is 0 Å². The highest BCUT2D eigenvalue weighted by Crippen LogP contribution is 2.27. The van der Waals surface area contributed by atoms with Crippen molar-refractivity contribution in [2.24, 2.45) is 5.73 Å². The first-order valence-electron chi connectivity index (χ1n) is 5.89. The number of nitrogens with two attached hydrogens (primary N) is 1. The monoisotopic (exact) mass is 238 g/mol. The van der Waals surface area contributed by atoms with E-state index in [1.165, 1.54) is 5.57 Å². The van der Waals surface area contributed by atoms with E-state index in [0.29, 0.717) is 0 Å². The molecule has 0 aromatic heterocycles. The van der Waals surface area contributed by atoms with Crippen LogP contribution in [0.3, 0.4) is 0 Å². The van der Waals surface area contributed by atoms with Crippen molar-refractivity contribution in [1.29, 1.82) is 0 Å². The Bertz CT molecular complexity index is 336. The van der Waals surface area contributed by atoms with Gasteiger partial charge in [-0.25, -0.2) is 0 Å². The third kappa shape index (κ3) is 3.21. The molecule has 1 heterocycles. The molecule has 0 spiro atoms. The maximum atomic E-state index is 6.42. The van der Waals surface area contributed by atoms with Crippen LogP contribution in [-0.4, -0.2) is 18.6 Å². The molecule has 1 saturated heterocycles. The summed E-state index contributed by atoms with van der Waals surface area (Å²) in [7, 11) is 0. The first-order valence-corrected chi connectivity index (χ1v) is 6.27. The molecule has 2 aliphatic rings. The minimum atomic E-state index is -0.0183. The maximum absolute atomic E-state index is 6.42. The third-order valence-corrected chi connectivity index (χ3v) is 3.57. The summed E-state index contributed by atoms with van der Waals surface area (Å²) in [5, 5.41) is 4.15. The van der Waals surface area contributed by atoms with Crippen LogP contribution in [0.5, 0.6) is 0 Å². The molecule has 0 amide bonds. The molecule has 1 fully saturated rings. The summed E-state index contributed by atoms with van der Waals surface area (Å²) in [6.07, 6.45) is 12.2. The Kier molecular flexibility index (Phi) is 3.85. The van der Waals surface area contributed by atoms with E-state index in [9.17, 15) is 0 Å². The molecule has 0 bridgehead atoms. The molecular formula is C13H19ClN2. The number of allylic oxidation sites excluding steroid dienone is 5. The average Bonchev–Trinajstić information content (AvgIpc) is 2.44. The molecule has 0 aromatic carbocycles. The van der Waals surface area contributed by atoms with E-state index >= 15 is 0 Å². The Morgan fingerprint density at radius 3 is 2.81 bits per heavy atom. The normalized spacial score (nSPS) is 24.6. The van der Waals surface area contributed by atoms with Gasteiger partial charge in [0, 0.05) is 10.6 Å². The molecule has 0 unspecified atom stereocenters. The Hall–Kier alpha value is -0.570. The SMILES string of the molecule is NC1(CC2=CC=C(Cl)C=CC2)CCNCC1. The van der Waals surface area contributed by atoms with Gasteiger partial charge in [-0.15, -0.1) is 0 Å². The highest BCUT2D eigenvalue weighted by atomic mass is 35.5. The fourth-order valence-corrected chi connectivity index (χ4v) is 2.48. The van der Waals surface area contributed by atoms with Crippen LogP contribution in [0.4, 0.5) is 0 Å². The van der Waals surface area contributed by atoms with Gasteiger partial charge in [-0.1, -0.05) is 29.3 Å². The summed E-state index contributed by atoms with van der Waals surface area (Å²) in [5.74, 6) is 0. The molecule has 0 radical (unpaired) electrons. The molecule has 2 rings (SSSR count). The minimum absolute atomic E-state index is 0.0183. The predicted octanol–water partition coefficient (Wildman–Crippen LogP) is 2.47. The summed E-state index contributed by atoms with van der Waals surface area (Å²) in [4.78, 5) is 0. The molecule has 3 heteroatoms. The Labute approximate surface area is 102 Å². The first kappa shape index (κ1) is 11.9. The maximum Gasteiger partial charge on any atom is 0.0402 e. The van der Waals surface area contributed by atoms with E-state index in [4.69, 9.17) is 17.3 Å². The second-order valence-corrected chi connectivity index (χ2v) is 5.21. The zero-order chi connectivity index (χ0) is 11.4. The van der Waals surface area contributed by atoms with Crippen molar-refractivity contribution < 1.29 is 0 Å². The largest absolute Gasteiger partial charge is 0.325 e. The predicted molar refractivity (Wildman–Crippen MR) is 69.4 cm³/mol. The second-order valence-electron chi connectivity index (χ2n) is 4.77. The first-order chi connectivity index (χ1) is 7.68. The van der Waals surface area contributed by atoms with Crippen LogP contribution in [0.15, 0.2) is 34.9 Å². The van der Waals surface area contributed by atoms with E-state index in [2.05, 4.69) is 17.5 Å². The zero-order valence-electron chi connectivity index (χ0n) is 9.51. The summed E-state index contributed by atoms with van der Waals surface area (Å²) in [5.41, 5.74) is 7.78. The van der Waals surface area contributed by atoms with Crippen molar-refractivity contribution in [3.63, 3.8) is 0 Å². The molecule has 16 heavy (non-hydrogen) atoms. The lowest BCUT2D eigenvalue weighted by Gasteiger charge is -2.34. The standard InChI is InChI=1S/C13H19ClN2/c14-12-3-1-2-11(4-5-12)10-13(15)6-8-16-9-7-13/h1,3-5,16H,2,6-10,15H2. The van der Waals surface area contributed by atoms with Crippen LogP contribution in [0, 0.1) is 0 Å². The van der Waals surface area contributed by atoms with Gasteiger partial charge in [0.15, 0.2) is 0 Å². The van der Waals surface area contributed by atoms with Crippen molar-refractivity contribution >= 4 is 11.6 Å². The van der Waals surface area contributed by atoms with Gasteiger partial charge < -0.3 is 11.1 Å². The van der Waals surface area contributed by atoms with Crippen LogP contribution in [0.2, 0.25) is 0 Å². The minimum Gasteiger partial charge on any atom is -0.325 e. The summed E-state index contributed by atoms with van der Waals surface area (Å²) in [6, 6.07) is 0. The fourth-order valence-electron chi connectivity index (χ4n) is 2.33. The van der Waals surface area contributed by atoms with Crippen LogP contribution < -0.4 is 11.1 Å². The molecule has 88 valence electrons. The van der Waals surface area contributed by atoms with Crippen LogP contribution >= 0.6 is 11.6 Å². The van der Waals surface area contributed by atoms with Crippen molar-refractivity contribution in [2.45, 2.75) is 31.2 Å². The van der Waals surface area contributed by atoms with Gasteiger partial charge in [-0.05, 0) is 50.9 Å². The van der Waals surface area contributed by atoms with Crippen molar-refractivity contribution in [3.05, 3.63) is 34.9 Å². The van der Waals surface area contributed by atoms with Gasteiger partial charge in [-0.2, -0.15) is 0 Å². The van der Waals surface area contributed by atoms with Gasteiger partial charge >= 0.3 is 0 Å². The van der Waals surface area contributed by atoms with Crippen molar-refractivity contribution in [1.82, 2.24) is 5.32 Å². The number of piperidine rings is 1. The lowest BCUT2D eigenvalue weighted by molar-refractivity contribution is 0.307. The van der Waals surface area contributed by atoms with E-state index in [1.807, 2.05) is 12.2 Å². The average molecular weight is 239 g/mol. The van der Waals surface area contributed by atoms with Crippen LogP contribution in [0.25, 0.3) is 0 Å². The highest BCUT2D eigenvalue weighted by molar-refractivity contribution is 6.31. The van der Waals surface area contributed by atoms with E-state index < -0.39 is 0 Å². The van der Waals surface area contributed by atoms with Crippen molar-refractivity contribution in [3.8, 4) is 0 Å². The van der Waals surface area contributed by atoms with E-state index in [-0.39, 0.29) is 5.54 Å². The number of hydrogen-bond acceptors (Lipinski definition) is 2. The Balaban J connectivity index is 2.01. The fraction of sp³-hybridized carbons (Fsp3) is 0.538. The molecule has 1 aliphatic heterocycles. The van der Waals surface area contributed by atoms with Crippen LogP contribution in [0.1, 0.15) is 25.7 Å². The van der Waals surface area contributed by atoms with Gasteiger partial charge in [0.1, 0.15) is 0 Å². The van der Waals surface area contributed by atoms with E-state index in [0.717, 1.165) is 43.8 Å². The summed E-state index contributed by atoms with van der Waals surface area (Å²) < 4.78 is 0. The third-order valence-electron chi connectivity index (χ3n) is 3.31. The van der Waals surface area contributed by atoms with Crippen LogP contribution in [-0.2, 0) is 0 Å². The molecule has 0 saturated carbocycles. The van der Waals surface area contributed by atoms with Gasteiger partial charge in [-0.3, -0.25) is 0 Å². The Morgan fingerprint density at radius 1 is 1.31 bits per heavy atom. The quantitative estimate of drug-likeness (QED) is 0.776. The molecule has 3 N–H and O–H groups in total. The van der Waals surface area contributed by atoms with E-state index in [1.54, 1.807) is 0 Å². The van der Waals surface area contributed by atoms with Gasteiger partial charge in [0.2, 0.25) is 0 Å². The zero-order valence-corrected chi connectivity index (χ0v) is 10.3. The summed E-state index contributed by atoms with van der Waals surface area (Å²) in [6.45, 7) is 2.08. The molecule has 1 aliphatic carbocycles. The van der Waals surface area contributed by atoms with Crippen molar-refractivity contribution in [2.75, 3.05) is 13.1 Å². The number of halogens is 1. The molecule has 2 nitrogen and oxygen atoms in total. The lowest BCUT2D eigenvalue weighted by atomic mass is 9.82. The molecule has 0 atom stereocenters. The lowest BCUT2D eigenvalue weighted by Crippen LogP contribution is -2.49. The number of nitrogens with one attached hydrogen (secondary N) is 1. The molecule has 0 aromatic rings. The smallest absolute Gasteiger partial charge is 0.0402 e. The second kappa shape index (κ2) is 5.17. The van der Waals surface area contributed by atoms with Gasteiger partial charge in [0.25, 0.3) is 0 Å². The Morgan fingerprint density at radius 2 is 2.06 bits per heavy atom.